The Labute approximate surface area is 116 Å². The van der Waals surface area contributed by atoms with Gasteiger partial charge < -0.3 is 20.8 Å². The largest absolute Gasteiger partial charge is 0.505 e. The van der Waals surface area contributed by atoms with Gasteiger partial charge in [-0.1, -0.05) is 19.4 Å². The number of anilines is 1. The Bertz CT molecular complexity index is 530. The molecular weight excluding hydrogens is 260 g/mol. The van der Waals surface area contributed by atoms with Crippen LogP contribution in [0.5, 0.6) is 5.75 Å². The minimum absolute atomic E-state index is 0.0908. The first-order valence-corrected chi connectivity index (χ1v) is 6.62. The highest BCUT2D eigenvalue weighted by molar-refractivity contribution is 5.97. The van der Waals surface area contributed by atoms with Crippen molar-refractivity contribution in [2.45, 2.75) is 32.2 Å². The van der Waals surface area contributed by atoms with E-state index in [2.05, 4.69) is 17.6 Å². The predicted molar refractivity (Wildman–Crippen MR) is 74.0 cm³/mol. The summed E-state index contributed by atoms with van der Waals surface area (Å²) in [6, 6.07) is 3.90. The molecule has 1 aliphatic carbocycles. The summed E-state index contributed by atoms with van der Waals surface area (Å²) in [7, 11) is 0. The number of hydrogen-bond acceptors (Lipinski definition) is 3. The number of carboxylic acids is 1. The number of para-hydroxylation sites is 1. The van der Waals surface area contributed by atoms with Gasteiger partial charge >= 0.3 is 12.0 Å². The second-order valence-electron chi connectivity index (χ2n) is 5.12. The van der Waals surface area contributed by atoms with Gasteiger partial charge in [-0.3, -0.25) is 0 Å². The second kappa shape index (κ2) is 5.81. The smallest absolute Gasteiger partial charge is 0.339 e. The lowest BCUT2D eigenvalue weighted by molar-refractivity contribution is 0.0693. The molecule has 20 heavy (non-hydrogen) atoms. The molecule has 108 valence electrons. The van der Waals surface area contributed by atoms with E-state index < -0.39 is 17.7 Å². The Hall–Kier alpha value is -2.24. The van der Waals surface area contributed by atoms with Crippen LogP contribution in [0, 0.1) is 5.92 Å². The molecule has 2 atom stereocenters. The Kier molecular flexibility index (Phi) is 4.12. The lowest BCUT2D eigenvalue weighted by atomic mass is 10.1. The monoisotopic (exact) mass is 278 g/mol. The molecule has 1 fully saturated rings. The van der Waals surface area contributed by atoms with Gasteiger partial charge in [0.05, 0.1) is 5.69 Å². The van der Waals surface area contributed by atoms with Gasteiger partial charge in [-0.05, 0) is 30.9 Å². The standard InChI is InChI=1S/C14H18N2O4/c1-8-4-2-6-10(8)15-14(20)16-11-7-3-5-9(12(11)17)13(18)19/h3,5,7-8,10,17H,2,4,6H2,1H3,(H,18,19)(H2,15,16,20). The van der Waals surface area contributed by atoms with Crippen LogP contribution in [0.4, 0.5) is 10.5 Å². The third-order valence-electron chi connectivity index (χ3n) is 3.69. The average molecular weight is 278 g/mol. The summed E-state index contributed by atoms with van der Waals surface area (Å²) in [4.78, 5) is 22.8. The zero-order valence-corrected chi connectivity index (χ0v) is 11.2. The molecule has 1 aromatic rings. The molecule has 2 rings (SSSR count). The number of rotatable bonds is 3. The number of carbonyl (C=O) groups excluding carboxylic acids is 1. The predicted octanol–water partition coefficient (Wildman–Crippen LogP) is 2.40. The fraction of sp³-hybridized carbons (Fsp3) is 0.429. The van der Waals surface area contributed by atoms with E-state index in [-0.39, 0.29) is 17.3 Å². The number of carbonyl (C=O) groups is 2. The number of aromatic carboxylic acids is 1. The Morgan fingerprint density at radius 2 is 2.05 bits per heavy atom. The minimum Gasteiger partial charge on any atom is -0.505 e. The molecule has 1 aromatic carbocycles. The minimum atomic E-state index is -1.24. The Balaban J connectivity index is 2.04. The van der Waals surface area contributed by atoms with Gasteiger partial charge in [0.15, 0.2) is 5.75 Å². The SMILES string of the molecule is CC1CCCC1NC(=O)Nc1cccc(C(=O)O)c1O. The molecule has 0 radical (unpaired) electrons. The van der Waals surface area contributed by atoms with Crippen LogP contribution in [0.1, 0.15) is 36.5 Å². The molecule has 0 spiro atoms. The first kappa shape index (κ1) is 14.2. The molecule has 2 amide bonds. The maximum atomic E-state index is 11.9. The third-order valence-corrected chi connectivity index (χ3v) is 3.69. The first-order valence-electron chi connectivity index (χ1n) is 6.62. The summed E-state index contributed by atoms with van der Waals surface area (Å²) in [5.74, 6) is -1.25. The molecular formula is C14H18N2O4. The average Bonchev–Trinajstić information content (AvgIpc) is 2.77. The number of amides is 2. The summed E-state index contributed by atoms with van der Waals surface area (Å²) >= 11 is 0. The van der Waals surface area contributed by atoms with Crippen molar-refractivity contribution in [1.82, 2.24) is 5.32 Å². The van der Waals surface area contributed by atoms with Gasteiger partial charge in [0.25, 0.3) is 0 Å². The summed E-state index contributed by atoms with van der Waals surface area (Å²) in [6.07, 6.45) is 3.12. The summed E-state index contributed by atoms with van der Waals surface area (Å²) in [5.41, 5.74) is -0.148. The van der Waals surface area contributed by atoms with Crippen molar-refractivity contribution in [1.29, 1.82) is 0 Å². The van der Waals surface area contributed by atoms with Crippen molar-refractivity contribution in [2.24, 2.45) is 5.92 Å². The number of hydrogen-bond donors (Lipinski definition) is 4. The number of benzene rings is 1. The van der Waals surface area contributed by atoms with Gasteiger partial charge in [0.2, 0.25) is 0 Å². The molecule has 0 bridgehead atoms. The number of nitrogens with one attached hydrogen (secondary N) is 2. The quantitative estimate of drug-likeness (QED) is 0.638. The Morgan fingerprint density at radius 3 is 2.65 bits per heavy atom. The molecule has 6 nitrogen and oxygen atoms in total. The van der Waals surface area contributed by atoms with Crippen molar-refractivity contribution in [3.05, 3.63) is 23.8 Å². The Morgan fingerprint density at radius 1 is 1.30 bits per heavy atom. The second-order valence-corrected chi connectivity index (χ2v) is 5.12. The highest BCUT2D eigenvalue weighted by Crippen LogP contribution is 2.28. The lowest BCUT2D eigenvalue weighted by Gasteiger charge is -2.18. The summed E-state index contributed by atoms with van der Waals surface area (Å²) < 4.78 is 0. The highest BCUT2D eigenvalue weighted by atomic mass is 16.4. The summed E-state index contributed by atoms with van der Waals surface area (Å²) in [5, 5.41) is 24.0. The summed E-state index contributed by atoms with van der Waals surface area (Å²) in [6.45, 7) is 2.08. The first-order chi connectivity index (χ1) is 9.49. The third kappa shape index (κ3) is 3.01. The lowest BCUT2D eigenvalue weighted by Crippen LogP contribution is -2.39. The number of phenols is 1. The van der Waals surface area contributed by atoms with E-state index in [0.717, 1.165) is 19.3 Å². The molecule has 6 heteroatoms. The molecule has 2 unspecified atom stereocenters. The highest BCUT2D eigenvalue weighted by Gasteiger charge is 2.25. The van der Waals surface area contributed by atoms with Crippen LogP contribution in [0.3, 0.4) is 0 Å². The van der Waals surface area contributed by atoms with Crippen LogP contribution in [-0.4, -0.2) is 28.3 Å². The van der Waals surface area contributed by atoms with Crippen LogP contribution < -0.4 is 10.6 Å². The fourth-order valence-electron chi connectivity index (χ4n) is 2.50. The van der Waals surface area contributed by atoms with E-state index in [1.807, 2.05) is 0 Å². The molecule has 1 saturated carbocycles. The number of urea groups is 1. The zero-order valence-electron chi connectivity index (χ0n) is 11.2. The van der Waals surface area contributed by atoms with Crippen molar-refractivity contribution in [3.8, 4) is 5.75 Å². The van der Waals surface area contributed by atoms with E-state index in [0.29, 0.717) is 5.92 Å². The van der Waals surface area contributed by atoms with E-state index in [4.69, 9.17) is 5.11 Å². The van der Waals surface area contributed by atoms with E-state index in [1.165, 1.54) is 18.2 Å². The molecule has 0 aliphatic heterocycles. The van der Waals surface area contributed by atoms with Gasteiger partial charge in [-0.15, -0.1) is 0 Å². The molecule has 1 aliphatic rings. The van der Waals surface area contributed by atoms with E-state index in [1.54, 1.807) is 0 Å². The van der Waals surface area contributed by atoms with Crippen LogP contribution in [0.15, 0.2) is 18.2 Å². The molecule has 4 N–H and O–H groups in total. The van der Waals surface area contributed by atoms with Crippen LogP contribution in [-0.2, 0) is 0 Å². The molecule has 0 saturated heterocycles. The van der Waals surface area contributed by atoms with Crippen LogP contribution in [0.25, 0.3) is 0 Å². The van der Waals surface area contributed by atoms with Gasteiger partial charge in [0, 0.05) is 6.04 Å². The van der Waals surface area contributed by atoms with Crippen molar-refractivity contribution in [3.63, 3.8) is 0 Å². The maximum Gasteiger partial charge on any atom is 0.339 e. The topological polar surface area (TPSA) is 98.7 Å². The van der Waals surface area contributed by atoms with Crippen LogP contribution in [0.2, 0.25) is 0 Å². The normalized spacial score (nSPS) is 21.4. The fourth-order valence-corrected chi connectivity index (χ4v) is 2.50. The molecule has 0 aromatic heterocycles. The number of carboxylic acid groups (broad SMARTS) is 1. The van der Waals surface area contributed by atoms with E-state index in [9.17, 15) is 14.7 Å². The number of aromatic hydroxyl groups is 1. The van der Waals surface area contributed by atoms with Crippen molar-refractivity contribution in [2.75, 3.05) is 5.32 Å². The van der Waals surface area contributed by atoms with E-state index >= 15 is 0 Å². The van der Waals surface area contributed by atoms with Gasteiger partial charge in [0.1, 0.15) is 5.56 Å². The zero-order chi connectivity index (χ0) is 14.7. The van der Waals surface area contributed by atoms with Crippen LogP contribution >= 0.6 is 0 Å². The van der Waals surface area contributed by atoms with Crippen molar-refractivity contribution < 1.29 is 19.8 Å². The maximum absolute atomic E-state index is 11.9. The van der Waals surface area contributed by atoms with Crippen molar-refractivity contribution >= 4 is 17.7 Å². The van der Waals surface area contributed by atoms with Gasteiger partial charge in [-0.25, -0.2) is 9.59 Å². The van der Waals surface area contributed by atoms with Gasteiger partial charge in [-0.2, -0.15) is 0 Å². The molecule has 0 heterocycles.